The first-order chi connectivity index (χ1) is 14.7. The second-order valence-corrected chi connectivity index (χ2v) is 10.6. The summed E-state index contributed by atoms with van der Waals surface area (Å²) in [6.45, 7) is 10.0. The number of ether oxygens (including phenoxy) is 1. The number of benzene rings is 1. The van der Waals surface area contributed by atoms with Crippen molar-refractivity contribution >= 4 is 29.1 Å². The fourth-order valence-electron chi connectivity index (χ4n) is 2.96. The highest BCUT2D eigenvalue weighted by atomic mass is 32.2. The van der Waals surface area contributed by atoms with Crippen molar-refractivity contribution in [3.63, 3.8) is 0 Å². The number of hydrogen-bond acceptors (Lipinski definition) is 7. The van der Waals surface area contributed by atoms with E-state index >= 15 is 0 Å². The number of carboxylic acid groups (broad SMARTS) is 1. The van der Waals surface area contributed by atoms with Gasteiger partial charge in [-0.25, -0.2) is 15.0 Å². The molecule has 164 valence electrons. The Balaban J connectivity index is 1.63. The van der Waals surface area contributed by atoms with Crippen LogP contribution in [0.5, 0.6) is 5.75 Å². The van der Waals surface area contributed by atoms with Gasteiger partial charge in [0, 0.05) is 29.8 Å². The molecule has 0 saturated heterocycles. The number of thiazole rings is 1. The average Bonchev–Trinajstić information content (AvgIpc) is 3.16. The number of hydrogen-bond donors (Lipinski definition) is 1. The maximum atomic E-state index is 11.3. The minimum atomic E-state index is -0.901. The molecule has 0 radical (unpaired) electrons. The van der Waals surface area contributed by atoms with Crippen molar-refractivity contribution < 1.29 is 14.6 Å². The van der Waals surface area contributed by atoms with Gasteiger partial charge in [0.25, 0.3) is 0 Å². The van der Waals surface area contributed by atoms with E-state index in [0.29, 0.717) is 18.9 Å². The van der Waals surface area contributed by atoms with Gasteiger partial charge in [-0.05, 0) is 62.9 Å². The molecule has 0 aliphatic carbocycles. The minimum absolute atomic E-state index is 0.499. The van der Waals surface area contributed by atoms with Crippen LogP contribution in [0.25, 0.3) is 11.4 Å². The summed E-state index contributed by atoms with van der Waals surface area (Å²) in [4.78, 5) is 24.8. The monoisotopic (exact) mass is 457 g/mol. The summed E-state index contributed by atoms with van der Waals surface area (Å²) >= 11 is 2.73. The quantitative estimate of drug-likeness (QED) is 0.433. The Kier molecular flexibility index (Phi) is 7.33. The lowest BCUT2D eigenvalue weighted by molar-refractivity contribution is -0.138. The highest BCUT2D eigenvalue weighted by Crippen LogP contribution is 2.35. The van der Waals surface area contributed by atoms with Gasteiger partial charge < -0.3 is 9.84 Å². The fraction of sp³-hybridized carbons (Fsp3) is 0.391. The number of carbonyl (C=O) groups is 1. The minimum Gasteiger partial charge on any atom is -0.493 e. The van der Waals surface area contributed by atoms with Gasteiger partial charge in [-0.2, -0.15) is 0 Å². The number of aromatic nitrogens is 3. The zero-order valence-electron chi connectivity index (χ0n) is 18.4. The van der Waals surface area contributed by atoms with E-state index in [1.165, 1.54) is 23.1 Å². The van der Waals surface area contributed by atoms with Crippen LogP contribution in [0.4, 0.5) is 0 Å². The molecule has 0 saturated carbocycles. The Hall–Kier alpha value is -2.45. The normalized spacial score (nSPS) is 11.5. The van der Waals surface area contributed by atoms with Crippen molar-refractivity contribution in [2.45, 2.75) is 56.5 Å². The molecular weight excluding hydrogens is 430 g/mol. The molecule has 0 amide bonds. The van der Waals surface area contributed by atoms with E-state index in [0.717, 1.165) is 44.5 Å². The topological polar surface area (TPSA) is 85.2 Å². The van der Waals surface area contributed by atoms with Gasteiger partial charge in [-0.15, -0.1) is 11.3 Å². The second-order valence-electron chi connectivity index (χ2n) is 7.83. The molecule has 0 aliphatic heterocycles. The van der Waals surface area contributed by atoms with Gasteiger partial charge in [0.1, 0.15) is 10.5 Å². The first-order valence-corrected chi connectivity index (χ1v) is 11.8. The second kappa shape index (κ2) is 9.78. The molecular formula is C23H27N3O3S2. The van der Waals surface area contributed by atoms with Gasteiger partial charge in [-0.3, -0.25) is 4.79 Å². The van der Waals surface area contributed by atoms with Gasteiger partial charge >= 0.3 is 5.97 Å². The SMILES string of the molecule is CCc1cnc(-c2cc(C)c(OCCc3csc(SC(C)(C)C(=O)O)n3)c(C)c2)nc1. The molecule has 0 unspecified atom stereocenters. The van der Waals surface area contributed by atoms with Gasteiger partial charge in [0.05, 0.1) is 12.3 Å². The lowest BCUT2D eigenvalue weighted by Gasteiger charge is -2.15. The first kappa shape index (κ1) is 23.2. The van der Waals surface area contributed by atoms with Gasteiger partial charge in [0.2, 0.25) is 0 Å². The van der Waals surface area contributed by atoms with Crippen LogP contribution in [0.1, 0.15) is 43.2 Å². The molecule has 0 atom stereocenters. The highest BCUT2D eigenvalue weighted by Gasteiger charge is 2.29. The largest absolute Gasteiger partial charge is 0.493 e. The molecule has 31 heavy (non-hydrogen) atoms. The standard InChI is InChI=1S/C23H27N3O3S2/c1-6-16-11-24-20(25-12-16)17-9-14(2)19(15(3)10-17)29-8-7-18-13-30-22(26-18)31-23(4,5)21(27)28/h9-13H,6-8H2,1-5H3,(H,27,28). The third-order valence-electron chi connectivity index (χ3n) is 4.82. The van der Waals surface area contributed by atoms with Crippen LogP contribution in [-0.2, 0) is 17.6 Å². The molecule has 0 bridgehead atoms. The lowest BCUT2D eigenvalue weighted by atomic mass is 10.0. The maximum Gasteiger partial charge on any atom is 0.319 e. The Morgan fingerprint density at radius 3 is 2.42 bits per heavy atom. The molecule has 3 rings (SSSR count). The predicted octanol–water partition coefficient (Wildman–Crippen LogP) is 5.36. The summed E-state index contributed by atoms with van der Waals surface area (Å²) in [6, 6.07) is 4.10. The smallest absolute Gasteiger partial charge is 0.319 e. The molecule has 2 aromatic heterocycles. The fourth-order valence-corrected chi connectivity index (χ4v) is 5.19. The molecule has 6 nitrogen and oxygen atoms in total. The summed E-state index contributed by atoms with van der Waals surface area (Å²) < 4.78 is 5.93. The van der Waals surface area contributed by atoms with Crippen LogP contribution in [0.3, 0.4) is 0 Å². The number of nitrogens with zero attached hydrogens (tertiary/aromatic N) is 3. The van der Waals surface area contributed by atoms with E-state index in [9.17, 15) is 9.90 Å². The molecule has 1 N–H and O–H groups in total. The lowest BCUT2D eigenvalue weighted by Crippen LogP contribution is -2.26. The van der Waals surface area contributed by atoms with E-state index in [2.05, 4.69) is 34.0 Å². The van der Waals surface area contributed by atoms with Crippen molar-refractivity contribution in [2.24, 2.45) is 0 Å². The van der Waals surface area contributed by atoms with E-state index in [1.807, 2.05) is 31.6 Å². The predicted molar refractivity (Wildman–Crippen MR) is 125 cm³/mol. The molecule has 2 heterocycles. The summed E-state index contributed by atoms with van der Waals surface area (Å²) in [6.07, 6.45) is 5.32. The Bertz CT molecular complexity index is 1040. The zero-order chi connectivity index (χ0) is 22.6. The van der Waals surface area contributed by atoms with Crippen LogP contribution >= 0.6 is 23.1 Å². The Morgan fingerprint density at radius 2 is 1.84 bits per heavy atom. The van der Waals surface area contributed by atoms with Crippen LogP contribution in [0, 0.1) is 13.8 Å². The molecule has 8 heteroatoms. The summed E-state index contributed by atoms with van der Waals surface area (Å²) in [5.74, 6) is 0.733. The molecule has 0 spiro atoms. The zero-order valence-corrected chi connectivity index (χ0v) is 20.1. The maximum absolute atomic E-state index is 11.3. The van der Waals surface area contributed by atoms with Crippen molar-refractivity contribution in [3.05, 3.63) is 52.3 Å². The van der Waals surface area contributed by atoms with Crippen LogP contribution < -0.4 is 4.74 Å². The highest BCUT2D eigenvalue weighted by molar-refractivity contribution is 8.02. The van der Waals surface area contributed by atoms with E-state index in [-0.39, 0.29) is 0 Å². The van der Waals surface area contributed by atoms with E-state index in [4.69, 9.17) is 4.74 Å². The molecule has 0 fully saturated rings. The third-order valence-corrected chi connectivity index (χ3v) is 7.00. The van der Waals surface area contributed by atoms with Gasteiger partial charge in [-0.1, -0.05) is 18.7 Å². The van der Waals surface area contributed by atoms with Crippen LogP contribution in [0.2, 0.25) is 0 Å². The average molecular weight is 458 g/mol. The van der Waals surface area contributed by atoms with Crippen LogP contribution in [-0.4, -0.2) is 37.4 Å². The van der Waals surface area contributed by atoms with Crippen LogP contribution in [0.15, 0.2) is 34.2 Å². The molecule has 3 aromatic rings. The summed E-state index contributed by atoms with van der Waals surface area (Å²) in [5, 5.41) is 11.2. The molecule has 1 aromatic carbocycles. The summed E-state index contributed by atoms with van der Waals surface area (Å²) in [5.41, 5.74) is 5.08. The van der Waals surface area contributed by atoms with E-state index < -0.39 is 10.7 Å². The number of aliphatic carboxylic acids is 1. The van der Waals surface area contributed by atoms with Gasteiger partial charge in [0.15, 0.2) is 10.2 Å². The van der Waals surface area contributed by atoms with Crippen molar-refractivity contribution in [3.8, 4) is 17.1 Å². The Morgan fingerprint density at radius 1 is 1.19 bits per heavy atom. The van der Waals surface area contributed by atoms with Crippen molar-refractivity contribution in [1.29, 1.82) is 0 Å². The number of thioether (sulfide) groups is 1. The number of aryl methyl sites for hydroxylation is 3. The molecule has 0 aliphatic rings. The summed E-state index contributed by atoms with van der Waals surface area (Å²) in [7, 11) is 0. The van der Waals surface area contributed by atoms with Crippen molar-refractivity contribution in [2.75, 3.05) is 6.61 Å². The third kappa shape index (κ3) is 5.83. The number of carboxylic acids is 1. The van der Waals surface area contributed by atoms with E-state index in [1.54, 1.807) is 13.8 Å². The Labute approximate surface area is 191 Å². The van der Waals surface area contributed by atoms with Crippen molar-refractivity contribution in [1.82, 2.24) is 15.0 Å². The number of rotatable bonds is 9. The first-order valence-electron chi connectivity index (χ1n) is 10.1.